The van der Waals surface area contributed by atoms with Gasteiger partial charge in [0, 0.05) is 11.9 Å². The van der Waals surface area contributed by atoms with Gasteiger partial charge < -0.3 is 9.84 Å². The summed E-state index contributed by atoms with van der Waals surface area (Å²) in [5, 5.41) is 9.80. The number of hydrogen-bond donors (Lipinski definition) is 1. The van der Waals surface area contributed by atoms with E-state index in [-0.39, 0.29) is 11.8 Å². The van der Waals surface area contributed by atoms with Crippen LogP contribution in [0.4, 0.5) is 0 Å². The van der Waals surface area contributed by atoms with Crippen molar-refractivity contribution in [3.05, 3.63) is 18.1 Å². The highest BCUT2D eigenvalue weighted by molar-refractivity contribution is 7.99. The van der Waals surface area contributed by atoms with Gasteiger partial charge in [-0.15, -0.1) is 0 Å². The number of ether oxygens (including phenoxy) is 1. The second-order valence-electron chi connectivity index (χ2n) is 3.57. The summed E-state index contributed by atoms with van der Waals surface area (Å²) in [4.78, 5) is 18.5. The van der Waals surface area contributed by atoms with Crippen LogP contribution in [0, 0.1) is 0 Å². The van der Waals surface area contributed by atoms with Crippen LogP contribution in [0.15, 0.2) is 17.4 Å². The second kappa shape index (κ2) is 4.80. The molecule has 2 heterocycles. The molecule has 1 N–H and O–H groups in total. The molecule has 0 spiro atoms. The van der Waals surface area contributed by atoms with Gasteiger partial charge in [-0.05, 0) is 13.3 Å². The van der Waals surface area contributed by atoms with Crippen LogP contribution in [-0.4, -0.2) is 39.0 Å². The number of rotatable bonds is 3. The highest BCUT2D eigenvalue weighted by Crippen LogP contribution is 2.30. The van der Waals surface area contributed by atoms with Gasteiger partial charge in [0.25, 0.3) is 0 Å². The predicted octanol–water partition coefficient (Wildman–Crippen LogP) is 1.44. The summed E-state index contributed by atoms with van der Waals surface area (Å²) < 4.78 is 5.44. The molecule has 1 aromatic heterocycles. The third kappa shape index (κ3) is 2.51. The van der Waals surface area contributed by atoms with Crippen LogP contribution in [0.3, 0.4) is 0 Å². The van der Waals surface area contributed by atoms with E-state index in [1.165, 1.54) is 12.4 Å². The predicted molar refractivity (Wildman–Crippen MR) is 58.7 cm³/mol. The smallest absolute Gasteiger partial charge is 0.356 e. The number of thioether (sulfide) groups is 1. The van der Waals surface area contributed by atoms with Gasteiger partial charge in [0.1, 0.15) is 5.03 Å². The van der Waals surface area contributed by atoms with Crippen LogP contribution in [0.1, 0.15) is 23.8 Å². The maximum atomic E-state index is 10.6. The summed E-state index contributed by atoms with van der Waals surface area (Å²) in [5.41, 5.74) is -0.0277. The molecule has 2 unspecified atom stereocenters. The standard InChI is InChI=1S/C10H12N2O3S/c1-6-8(2-3-15-6)16-9-5-11-7(4-12-9)10(13)14/h4-6,8H,2-3H2,1H3,(H,13,14). The summed E-state index contributed by atoms with van der Waals surface area (Å²) in [7, 11) is 0. The summed E-state index contributed by atoms with van der Waals surface area (Å²) >= 11 is 1.59. The lowest BCUT2D eigenvalue weighted by molar-refractivity contribution is 0.0689. The third-order valence-corrected chi connectivity index (χ3v) is 3.80. The first-order valence-corrected chi connectivity index (χ1v) is 5.88. The molecule has 0 aromatic carbocycles. The zero-order valence-electron chi connectivity index (χ0n) is 8.79. The molecular weight excluding hydrogens is 228 g/mol. The molecule has 5 nitrogen and oxygen atoms in total. The Bertz CT molecular complexity index is 382. The maximum Gasteiger partial charge on any atom is 0.356 e. The highest BCUT2D eigenvalue weighted by atomic mass is 32.2. The first kappa shape index (κ1) is 11.3. The lowest BCUT2D eigenvalue weighted by Crippen LogP contribution is -2.13. The van der Waals surface area contributed by atoms with Crippen LogP contribution >= 0.6 is 11.8 Å². The summed E-state index contributed by atoms with van der Waals surface area (Å²) in [6.07, 6.45) is 3.99. The Hall–Kier alpha value is -1.14. The van der Waals surface area contributed by atoms with Crippen molar-refractivity contribution in [1.29, 1.82) is 0 Å². The van der Waals surface area contributed by atoms with E-state index in [4.69, 9.17) is 9.84 Å². The molecule has 1 aliphatic heterocycles. The molecular formula is C10H12N2O3S. The van der Waals surface area contributed by atoms with E-state index in [1.807, 2.05) is 6.92 Å². The third-order valence-electron chi connectivity index (χ3n) is 2.43. The van der Waals surface area contributed by atoms with Gasteiger partial charge in [-0.3, -0.25) is 0 Å². The lowest BCUT2D eigenvalue weighted by Gasteiger charge is -2.12. The molecule has 1 aliphatic rings. The minimum Gasteiger partial charge on any atom is -0.476 e. The van der Waals surface area contributed by atoms with Crippen molar-refractivity contribution in [2.45, 2.75) is 29.7 Å². The van der Waals surface area contributed by atoms with E-state index in [0.717, 1.165) is 18.1 Å². The minimum atomic E-state index is -1.05. The Morgan fingerprint density at radius 2 is 2.38 bits per heavy atom. The van der Waals surface area contributed by atoms with E-state index < -0.39 is 5.97 Å². The Kier molecular flexibility index (Phi) is 3.40. The molecule has 1 saturated heterocycles. The van der Waals surface area contributed by atoms with Crippen LogP contribution in [0.2, 0.25) is 0 Å². The number of aromatic nitrogens is 2. The van der Waals surface area contributed by atoms with Gasteiger partial charge in [0.15, 0.2) is 5.69 Å². The molecule has 0 aliphatic carbocycles. The second-order valence-corrected chi connectivity index (χ2v) is 4.83. The topological polar surface area (TPSA) is 72.3 Å². The monoisotopic (exact) mass is 240 g/mol. The number of carbonyl (C=O) groups is 1. The van der Waals surface area contributed by atoms with Gasteiger partial charge in [0.2, 0.25) is 0 Å². The number of carboxylic acids is 1. The molecule has 2 atom stereocenters. The molecule has 2 rings (SSSR count). The molecule has 0 saturated carbocycles. The van der Waals surface area contributed by atoms with Gasteiger partial charge in [-0.25, -0.2) is 14.8 Å². The van der Waals surface area contributed by atoms with Crippen molar-refractivity contribution in [2.75, 3.05) is 6.61 Å². The van der Waals surface area contributed by atoms with Crippen LogP contribution in [0.5, 0.6) is 0 Å². The quantitative estimate of drug-likeness (QED) is 0.862. The van der Waals surface area contributed by atoms with Crippen molar-refractivity contribution in [3.8, 4) is 0 Å². The van der Waals surface area contributed by atoms with Crippen molar-refractivity contribution >= 4 is 17.7 Å². The van der Waals surface area contributed by atoms with E-state index in [1.54, 1.807) is 11.8 Å². The van der Waals surface area contributed by atoms with E-state index in [9.17, 15) is 4.79 Å². The first-order chi connectivity index (χ1) is 7.66. The fourth-order valence-corrected chi connectivity index (χ4v) is 2.53. The van der Waals surface area contributed by atoms with Crippen molar-refractivity contribution in [2.24, 2.45) is 0 Å². The molecule has 6 heteroatoms. The van der Waals surface area contributed by atoms with Crippen LogP contribution < -0.4 is 0 Å². The molecule has 86 valence electrons. The molecule has 16 heavy (non-hydrogen) atoms. The zero-order valence-corrected chi connectivity index (χ0v) is 9.61. The fraction of sp³-hybridized carbons (Fsp3) is 0.500. The number of carboxylic acid groups (broad SMARTS) is 1. The van der Waals surface area contributed by atoms with Gasteiger partial charge >= 0.3 is 5.97 Å². The molecule has 0 amide bonds. The molecule has 0 bridgehead atoms. The first-order valence-electron chi connectivity index (χ1n) is 5.00. The van der Waals surface area contributed by atoms with E-state index in [2.05, 4.69) is 9.97 Å². The van der Waals surface area contributed by atoms with Crippen LogP contribution in [-0.2, 0) is 4.74 Å². The van der Waals surface area contributed by atoms with Gasteiger partial charge in [-0.2, -0.15) is 0 Å². The van der Waals surface area contributed by atoms with Crippen molar-refractivity contribution in [1.82, 2.24) is 9.97 Å². The van der Waals surface area contributed by atoms with E-state index >= 15 is 0 Å². The van der Waals surface area contributed by atoms with Crippen molar-refractivity contribution < 1.29 is 14.6 Å². The normalized spacial score (nSPS) is 24.6. The lowest BCUT2D eigenvalue weighted by atomic mass is 10.3. The average molecular weight is 240 g/mol. The Morgan fingerprint density at radius 3 is 2.88 bits per heavy atom. The fourth-order valence-electron chi connectivity index (χ4n) is 1.51. The summed E-state index contributed by atoms with van der Waals surface area (Å²) in [6.45, 7) is 2.81. The highest BCUT2D eigenvalue weighted by Gasteiger charge is 2.25. The summed E-state index contributed by atoms with van der Waals surface area (Å²) in [6, 6.07) is 0. The zero-order chi connectivity index (χ0) is 11.5. The number of aromatic carboxylic acids is 1. The maximum absolute atomic E-state index is 10.6. The largest absolute Gasteiger partial charge is 0.476 e. The Balaban J connectivity index is 2.02. The summed E-state index contributed by atoms with van der Waals surface area (Å²) in [5.74, 6) is -1.05. The van der Waals surface area contributed by atoms with Crippen LogP contribution in [0.25, 0.3) is 0 Å². The van der Waals surface area contributed by atoms with Crippen molar-refractivity contribution in [3.63, 3.8) is 0 Å². The molecule has 1 fully saturated rings. The Labute approximate surface area is 97.2 Å². The van der Waals surface area contributed by atoms with Gasteiger partial charge in [0.05, 0.1) is 18.5 Å². The minimum absolute atomic E-state index is 0.0277. The number of nitrogens with zero attached hydrogens (tertiary/aromatic N) is 2. The molecule has 0 radical (unpaired) electrons. The SMILES string of the molecule is CC1OCCC1Sc1cnc(C(=O)O)cn1. The molecule has 1 aromatic rings. The van der Waals surface area contributed by atoms with Gasteiger partial charge in [-0.1, -0.05) is 11.8 Å². The Morgan fingerprint density at radius 1 is 1.56 bits per heavy atom. The number of hydrogen-bond acceptors (Lipinski definition) is 5. The van der Waals surface area contributed by atoms with E-state index in [0.29, 0.717) is 5.25 Å². The average Bonchev–Trinajstić information content (AvgIpc) is 2.65.